The average molecular weight is 685 g/mol. The van der Waals surface area contributed by atoms with Crippen molar-refractivity contribution in [3.8, 4) is 56.4 Å². The first-order valence-corrected chi connectivity index (χ1v) is 17.8. The minimum Gasteiger partial charge on any atom is -0.457 e. The van der Waals surface area contributed by atoms with Crippen molar-refractivity contribution in [2.24, 2.45) is 0 Å². The number of benzene rings is 8. The van der Waals surface area contributed by atoms with Gasteiger partial charge in [-0.2, -0.15) is 0 Å². The highest BCUT2D eigenvalue weighted by molar-refractivity contribution is 5.88. The van der Waals surface area contributed by atoms with Gasteiger partial charge in [-0.15, -0.1) is 0 Å². The second kappa shape index (κ2) is 13.3. The van der Waals surface area contributed by atoms with Crippen LogP contribution in [-0.2, 0) is 5.41 Å². The molecule has 0 saturated carbocycles. The van der Waals surface area contributed by atoms with E-state index in [1.54, 1.807) is 0 Å². The second-order valence-corrected chi connectivity index (χ2v) is 13.3. The Kier molecular flexibility index (Phi) is 7.98. The summed E-state index contributed by atoms with van der Waals surface area (Å²) in [7, 11) is 0. The van der Waals surface area contributed by atoms with Gasteiger partial charge < -0.3 is 20.9 Å². The Hall–Kier alpha value is -7.04. The molecule has 1 aliphatic carbocycles. The van der Waals surface area contributed by atoms with Crippen LogP contribution in [0.4, 0.5) is 11.4 Å². The van der Waals surface area contributed by atoms with Crippen LogP contribution in [0, 0.1) is 0 Å². The van der Waals surface area contributed by atoms with Gasteiger partial charge >= 0.3 is 0 Å². The van der Waals surface area contributed by atoms with Gasteiger partial charge in [0.05, 0.1) is 5.41 Å². The fraction of sp³-hybridized carbons (Fsp3) is 0.0204. The molecule has 0 atom stereocenters. The molecule has 254 valence electrons. The number of nitrogens with two attached hydrogens (primary N) is 2. The summed E-state index contributed by atoms with van der Waals surface area (Å²) in [5, 5.41) is 0. The van der Waals surface area contributed by atoms with E-state index >= 15 is 0 Å². The van der Waals surface area contributed by atoms with Gasteiger partial charge in [0.1, 0.15) is 23.0 Å². The third-order valence-electron chi connectivity index (χ3n) is 10.2. The lowest BCUT2D eigenvalue weighted by atomic mass is 9.67. The van der Waals surface area contributed by atoms with E-state index in [0.717, 1.165) is 56.0 Å². The SMILES string of the molecule is Nc1ccc(Oc2ccccc2C2(c3ccccc3Oc3ccc(N)c(-c4ccccc4)c3)c3ccccc3-c3ccccc32)cc1-c1ccccc1. The Morgan fingerprint density at radius 2 is 0.679 bits per heavy atom. The number of rotatable bonds is 8. The van der Waals surface area contributed by atoms with Crippen molar-refractivity contribution in [1.82, 2.24) is 0 Å². The van der Waals surface area contributed by atoms with Crippen molar-refractivity contribution >= 4 is 11.4 Å². The molecule has 0 bridgehead atoms. The molecule has 9 rings (SSSR count). The lowest BCUT2D eigenvalue weighted by molar-refractivity contribution is 0.458. The minimum absolute atomic E-state index is 0.691. The van der Waals surface area contributed by atoms with Crippen LogP contribution in [0.15, 0.2) is 194 Å². The Balaban J connectivity index is 1.24. The monoisotopic (exact) mass is 684 g/mol. The van der Waals surface area contributed by atoms with Crippen LogP contribution < -0.4 is 20.9 Å². The van der Waals surface area contributed by atoms with E-state index in [2.05, 4.69) is 109 Å². The number of hydrogen-bond acceptors (Lipinski definition) is 4. The molecule has 53 heavy (non-hydrogen) atoms. The highest BCUT2D eigenvalue weighted by Crippen LogP contribution is 2.60. The second-order valence-electron chi connectivity index (χ2n) is 13.3. The van der Waals surface area contributed by atoms with E-state index in [1.165, 1.54) is 11.1 Å². The van der Waals surface area contributed by atoms with Gasteiger partial charge in [-0.1, -0.05) is 146 Å². The van der Waals surface area contributed by atoms with Crippen LogP contribution in [-0.4, -0.2) is 0 Å². The van der Waals surface area contributed by atoms with Crippen molar-refractivity contribution in [3.05, 3.63) is 216 Å². The molecule has 4 N–H and O–H groups in total. The van der Waals surface area contributed by atoms with Gasteiger partial charge in [-0.25, -0.2) is 0 Å². The van der Waals surface area contributed by atoms with E-state index in [-0.39, 0.29) is 0 Å². The third kappa shape index (κ3) is 5.49. The Morgan fingerprint density at radius 1 is 0.321 bits per heavy atom. The standard InChI is InChI=1S/C49H36N2O2/c50-45-29-27-35(31-39(45)33-15-3-1-4-16-33)52-47-25-13-11-23-43(47)49(41-21-9-7-19-37(41)38-20-8-10-22-42(38)49)44-24-12-14-26-48(44)53-36-28-30-46(51)40(32-36)34-17-5-2-6-18-34/h1-32H,50-51H2. The highest BCUT2D eigenvalue weighted by atomic mass is 16.5. The minimum atomic E-state index is -0.799. The molecule has 4 nitrogen and oxygen atoms in total. The lowest BCUT2D eigenvalue weighted by Gasteiger charge is -2.36. The molecule has 8 aromatic carbocycles. The summed E-state index contributed by atoms with van der Waals surface area (Å²) in [6, 6.07) is 66.1. The zero-order valence-electron chi connectivity index (χ0n) is 28.9. The average Bonchev–Trinajstić information content (AvgIpc) is 3.51. The first-order valence-electron chi connectivity index (χ1n) is 17.8. The van der Waals surface area contributed by atoms with E-state index < -0.39 is 5.41 Å². The number of fused-ring (bicyclic) bond motifs is 3. The molecule has 0 aliphatic heterocycles. The smallest absolute Gasteiger partial charge is 0.132 e. The van der Waals surface area contributed by atoms with Crippen LogP contribution in [0.5, 0.6) is 23.0 Å². The fourth-order valence-corrected chi connectivity index (χ4v) is 7.88. The molecule has 0 aromatic heterocycles. The van der Waals surface area contributed by atoms with Gasteiger partial charge in [-0.05, 0) is 81.9 Å². The zero-order chi connectivity index (χ0) is 35.8. The maximum Gasteiger partial charge on any atom is 0.132 e. The molecule has 4 heteroatoms. The summed E-state index contributed by atoms with van der Waals surface area (Å²) in [4.78, 5) is 0. The number of ether oxygens (including phenoxy) is 2. The van der Waals surface area contributed by atoms with Gasteiger partial charge in [0.25, 0.3) is 0 Å². The summed E-state index contributed by atoms with van der Waals surface area (Å²) in [5.74, 6) is 2.85. The van der Waals surface area contributed by atoms with Crippen LogP contribution >= 0.6 is 0 Å². The maximum absolute atomic E-state index is 6.94. The Morgan fingerprint density at radius 3 is 1.11 bits per heavy atom. The van der Waals surface area contributed by atoms with Crippen LogP contribution in [0.25, 0.3) is 33.4 Å². The summed E-state index contributed by atoms with van der Waals surface area (Å²) >= 11 is 0. The van der Waals surface area contributed by atoms with Crippen molar-refractivity contribution < 1.29 is 9.47 Å². The maximum atomic E-state index is 6.94. The molecular weight excluding hydrogens is 649 g/mol. The summed E-state index contributed by atoms with van der Waals surface area (Å²) in [6.07, 6.45) is 0. The summed E-state index contributed by atoms with van der Waals surface area (Å²) < 4.78 is 13.9. The van der Waals surface area contributed by atoms with Crippen molar-refractivity contribution in [3.63, 3.8) is 0 Å². The normalized spacial score (nSPS) is 12.5. The molecule has 1 aliphatic rings. The Labute approximate surface area is 309 Å². The summed E-state index contributed by atoms with van der Waals surface area (Å²) in [5.41, 5.74) is 24.1. The summed E-state index contributed by atoms with van der Waals surface area (Å²) in [6.45, 7) is 0. The molecule has 0 amide bonds. The largest absolute Gasteiger partial charge is 0.457 e. The topological polar surface area (TPSA) is 70.5 Å². The van der Waals surface area contributed by atoms with Gasteiger partial charge in [0.2, 0.25) is 0 Å². The molecule has 8 aromatic rings. The molecule has 0 saturated heterocycles. The molecule has 0 unspecified atom stereocenters. The van der Waals surface area contributed by atoms with Crippen LogP contribution in [0.3, 0.4) is 0 Å². The first kappa shape index (κ1) is 31.9. The van der Waals surface area contributed by atoms with Crippen molar-refractivity contribution in [2.75, 3.05) is 11.5 Å². The van der Waals surface area contributed by atoms with E-state index in [0.29, 0.717) is 22.9 Å². The first-order chi connectivity index (χ1) is 26.1. The molecule has 0 heterocycles. The number of para-hydroxylation sites is 2. The number of hydrogen-bond donors (Lipinski definition) is 2. The van der Waals surface area contributed by atoms with Gasteiger partial charge in [-0.3, -0.25) is 0 Å². The van der Waals surface area contributed by atoms with Crippen LogP contribution in [0.2, 0.25) is 0 Å². The molecular formula is C49H36N2O2. The molecule has 0 fully saturated rings. The molecule has 0 radical (unpaired) electrons. The fourth-order valence-electron chi connectivity index (χ4n) is 7.88. The zero-order valence-corrected chi connectivity index (χ0v) is 28.9. The van der Waals surface area contributed by atoms with Crippen molar-refractivity contribution in [1.29, 1.82) is 0 Å². The highest BCUT2D eigenvalue weighted by Gasteiger charge is 2.49. The van der Waals surface area contributed by atoms with E-state index in [4.69, 9.17) is 20.9 Å². The van der Waals surface area contributed by atoms with E-state index in [1.807, 2.05) is 84.9 Å². The van der Waals surface area contributed by atoms with Crippen LogP contribution in [0.1, 0.15) is 22.3 Å². The quantitative estimate of drug-likeness (QED) is 0.156. The predicted molar refractivity (Wildman–Crippen MR) is 216 cm³/mol. The Bertz CT molecular complexity index is 2420. The lowest BCUT2D eigenvalue weighted by Crippen LogP contribution is -2.29. The predicted octanol–water partition coefficient (Wildman–Crippen LogP) is 12.1. The number of nitrogen functional groups attached to an aromatic ring is 2. The third-order valence-corrected chi connectivity index (χ3v) is 10.2. The number of anilines is 2. The van der Waals surface area contributed by atoms with Gasteiger partial charge in [0, 0.05) is 33.6 Å². The van der Waals surface area contributed by atoms with Crippen molar-refractivity contribution in [2.45, 2.75) is 5.41 Å². The molecule has 0 spiro atoms. The van der Waals surface area contributed by atoms with Gasteiger partial charge in [0.15, 0.2) is 0 Å². The van der Waals surface area contributed by atoms with E-state index in [9.17, 15) is 0 Å².